The van der Waals surface area contributed by atoms with Gasteiger partial charge in [-0.1, -0.05) is 66.7 Å². The fourth-order valence-corrected chi connectivity index (χ4v) is 3.96. The number of aliphatic hydroxyl groups is 2. The van der Waals surface area contributed by atoms with Gasteiger partial charge < -0.3 is 43.4 Å². The Bertz CT molecular complexity index is 1110. The van der Waals surface area contributed by atoms with Gasteiger partial charge in [0.1, 0.15) is 37.6 Å². The maximum atomic E-state index is 12.3. The van der Waals surface area contributed by atoms with Crippen LogP contribution >= 0.6 is 0 Å². The topological polar surface area (TPSA) is 139 Å². The highest BCUT2D eigenvalue weighted by molar-refractivity contribution is 5.89. The first-order valence-electron chi connectivity index (χ1n) is 12.9. The number of ether oxygens (including phenoxy) is 7. The van der Waals surface area contributed by atoms with Gasteiger partial charge in [0.25, 0.3) is 0 Å². The molecule has 0 aliphatic carbocycles. The van der Waals surface area contributed by atoms with Crippen molar-refractivity contribution < 1.29 is 53.0 Å². The molecule has 2 fully saturated rings. The number of carbonyl (C=O) groups is 2. The van der Waals surface area contributed by atoms with Crippen molar-refractivity contribution in [3.63, 3.8) is 0 Å². The van der Waals surface area contributed by atoms with Crippen molar-refractivity contribution in [3.8, 4) is 0 Å². The Hall–Kier alpha value is -3.68. The van der Waals surface area contributed by atoms with Crippen LogP contribution in [0.3, 0.4) is 0 Å². The molecular formula is C30H32O11. The minimum atomic E-state index is -1.30. The van der Waals surface area contributed by atoms with Crippen LogP contribution in [0.15, 0.2) is 91.0 Å². The van der Waals surface area contributed by atoms with Gasteiger partial charge in [0.05, 0.1) is 11.1 Å². The molecule has 0 radical (unpaired) electrons. The van der Waals surface area contributed by atoms with Crippen molar-refractivity contribution in [3.05, 3.63) is 108 Å². The molecule has 0 spiro atoms. The predicted molar refractivity (Wildman–Crippen MR) is 142 cm³/mol. The summed E-state index contributed by atoms with van der Waals surface area (Å²) in [6, 6.07) is 25.8. The van der Waals surface area contributed by atoms with Crippen LogP contribution in [0.1, 0.15) is 32.6 Å². The fraction of sp³-hybridized carbons (Fsp3) is 0.333. The van der Waals surface area contributed by atoms with Crippen molar-refractivity contribution in [1.29, 1.82) is 0 Å². The zero-order chi connectivity index (χ0) is 28.9. The molecule has 41 heavy (non-hydrogen) atoms. The standard InChI is InChI=1S/C27H26O8.C3H6O3/c28-21(16-32-25(30)18-10-4-1-5-11-18)23-24(35-27(34-23)20-14-8-3-9-15-20)22(29)17-33-26(31)19-12-6-2-7-13-19;1-4-2-6-3-5-1/h1-15,21-24,27-29H,16-17H2;1-3H2. The average molecular weight is 569 g/mol. The van der Waals surface area contributed by atoms with E-state index in [1.807, 2.05) is 6.07 Å². The molecule has 3 aromatic carbocycles. The number of hydrogen-bond donors (Lipinski definition) is 2. The molecule has 4 atom stereocenters. The molecule has 2 aliphatic heterocycles. The van der Waals surface area contributed by atoms with E-state index in [0.29, 0.717) is 37.1 Å². The summed E-state index contributed by atoms with van der Waals surface area (Å²) in [6.45, 7) is 0.368. The lowest BCUT2D eigenvalue weighted by atomic mass is 10.0. The van der Waals surface area contributed by atoms with Crippen LogP contribution in [0.2, 0.25) is 0 Å². The first-order chi connectivity index (χ1) is 20.0. The summed E-state index contributed by atoms with van der Waals surface area (Å²) in [4.78, 5) is 24.5. The number of hydrogen-bond acceptors (Lipinski definition) is 11. The Balaban J connectivity index is 0.000000572. The highest BCUT2D eigenvalue weighted by atomic mass is 16.8. The van der Waals surface area contributed by atoms with Gasteiger partial charge in [-0.3, -0.25) is 0 Å². The van der Waals surface area contributed by atoms with Gasteiger partial charge in [-0.05, 0) is 24.3 Å². The van der Waals surface area contributed by atoms with E-state index in [4.69, 9.17) is 18.9 Å². The minimum absolute atomic E-state index is 0.342. The monoisotopic (exact) mass is 568 g/mol. The lowest BCUT2D eigenvalue weighted by Crippen LogP contribution is -2.46. The second-order valence-corrected chi connectivity index (χ2v) is 8.97. The van der Waals surface area contributed by atoms with E-state index < -0.39 is 42.6 Å². The van der Waals surface area contributed by atoms with Crippen molar-refractivity contribution in [1.82, 2.24) is 0 Å². The van der Waals surface area contributed by atoms with Crippen LogP contribution in [0, 0.1) is 0 Å². The van der Waals surface area contributed by atoms with Crippen molar-refractivity contribution >= 4 is 11.9 Å². The predicted octanol–water partition coefficient (Wildman–Crippen LogP) is 2.83. The Labute approximate surface area is 237 Å². The van der Waals surface area contributed by atoms with Gasteiger partial charge in [0.15, 0.2) is 26.7 Å². The third-order valence-corrected chi connectivity index (χ3v) is 6.00. The molecule has 11 nitrogen and oxygen atoms in total. The molecule has 2 N–H and O–H groups in total. The third-order valence-electron chi connectivity index (χ3n) is 6.00. The number of esters is 2. The van der Waals surface area contributed by atoms with Crippen LogP contribution in [0.5, 0.6) is 0 Å². The number of rotatable bonds is 9. The highest BCUT2D eigenvalue weighted by Gasteiger charge is 2.45. The Kier molecular flexibility index (Phi) is 11.8. The van der Waals surface area contributed by atoms with E-state index >= 15 is 0 Å². The van der Waals surface area contributed by atoms with Crippen LogP contribution < -0.4 is 0 Å². The van der Waals surface area contributed by atoms with Crippen molar-refractivity contribution in [2.75, 3.05) is 33.6 Å². The van der Waals surface area contributed by atoms with Gasteiger partial charge in [-0.2, -0.15) is 0 Å². The zero-order valence-corrected chi connectivity index (χ0v) is 22.2. The Morgan fingerprint density at radius 1 is 0.634 bits per heavy atom. The molecule has 0 amide bonds. The van der Waals surface area contributed by atoms with E-state index in [1.165, 1.54) is 0 Å². The molecular weight excluding hydrogens is 536 g/mol. The van der Waals surface area contributed by atoms with E-state index in [9.17, 15) is 19.8 Å². The van der Waals surface area contributed by atoms with Crippen LogP contribution in [0.25, 0.3) is 0 Å². The van der Waals surface area contributed by atoms with E-state index in [2.05, 4.69) is 14.2 Å². The molecule has 2 heterocycles. The minimum Gasteiger partial charge on any atom is -0.459 e. The molecule has 4 unspecified atom stereocenters. The lowest BCUT2D eigenvalue weighted by Gasteiger charge is -2.25. The molecule has 218 valence electrons. The Morgan fingerprint density at radius 3 is 1.37 bits per heavy atom. The summed E-state index contributed by atoms with van der Waals surface area (Å²) in [5.74, 6) is -1.20. The van der Waals surface area contributed by atoms with E-state index in [-0.39, 0.29) is 13.2 Å². The molecule has 3 aromatic rings. The summed E-state index contributed by atoms with van der Waals surface area (Å²) in [5, 5.41) is 21.6. The van der Waals surface area contributed by atoms with Gasteiger partial charge in [0.2, 0.25) is 0 Å². The summed E-state index contributed by atoms with van der Waals surface area (Å²) in [5.41, 5.74) is 1.37. The zero-order valence-electron chi connectivity index (χ0n) is 22.2. The lowest BCUT2D eigenvalue weighted by molar-refractivity contribution is -0.247. The van der Waals surface area contributed by atoms with Gasteiger partial charge in [-0.15, -0.1) is 0 Å². The largest absolute Gasteiger partial charge is 0.459 e. The quantitative estimate of drug-likeness (QED) is 0.369. The van der Waals surface area contributed by atoms with E-state index in [0.717, 1.165) is 0 Å². The smallest absolute Gasteiger partial charge is 0.338 e. The van der Waals surface area contributed by atoms with Gasteiger partial charge in [0, 0.05) is 5.56 Å². The molecule has 2 aliphatic rings. The molecule has 0 bridgehead atoms. The first-order valence-corrected chi connectivity index (χ1v) is 12.9. The highest BCUT2D eigenvalue weighted by Crippen LogP contribution is 2.34. The molecule has 11 heteroatoms. The molecule has 0 saturated carbocycles. The van der Waals surface area contributed by atoms with Crippen molar-refractivity contribution in [2.45, 2.75) is 30.7 Å². The first kappa shape index (κ1) is 30.3. The molecule has 0 aromatic heterocycles. The molecule has 5 rings (SSSR count). The second kappa shape index (κ2) is 15.9. The van der Waals surface area contributed by atoms with Crippen LogP contribution in [-0.4, -0.2) is 80.2 Å². The number of aliphatic hydroxyl groups excluding tert-OH is 2. The van der Waals surface area contributed by atoms with Gasteiger partial charge >= 0.3 is 11.9 Å². The fourth-order valence-electron chi connectivity index (χ4n) is 3.96. The third kappa shape index (κ3) is 9.17. The normalized spacial score (nSPS) is 21.6. The summed E-state index contributed by atoms with van der Waals surface area (Å²) >= 11 is 0. The SMILES string of the molecule is C1OCOCO1.O=C(OCC(O)C1OC(c2ccccc2)OC1C(O)COC(=O)c1ccccc1)c1ccccc1. The number of carbonyl (C=O) groups excluding carboxylic acids is 2. The second-order valence-electron chi connectivity index (χ2n) is 8.97. The summed E-state index contributed by atoms with van der Waals surface area (Å²) < 4.78 is 36.2. The number of benzene rings is 3. The Morgan fingerprint density at radius 2 is 1.00 bits per heavy atom. The van der Waals surface area contributed by atoms with Crippen LogP contribution in [-0.2, 0) is 33.2 Å². The van der Waals surface area contributed by atoms with Crippen molar-refractivity contribution in [2.24, 2.45) is 0 Å². The molecule has 2 saturated heterocycles. The summed E-state index contributed by atoms with van der Waals surface area (Å²) in [6.07, 6.45) is -5.57. The average Bonchev–Trinajstić information content (AvgIpc) is 3.50. The van der Waals surface area contributed by atoms with Crippen LogP contribution in [0.4, 0.5) is 0 Å². The van der Waals surface area contributed by atoms with E-state index in [1.54, 1.807) is 84.9 Å². The van der Waals surface area contributed by atoms with Gasteiger partial charge in [-0.25, -0.2) is 9.59 Å². The summed E-state index contributed by atoms with van der Waals surface area (Å²) in [7, 11) is 0. The maximum absolute atomic E-state index is 12.3. The maximum Gasteiger partial charge on any atom is 0.338 e.